The van der Waals surface area contributed by atoms with Gasteiger partial charge in [0.05, 0.1) is 12.7 Å². The van der Waals surface area contributed by atoms with E-state index in [9.17, 15) is 19.2 Å². The van der Waals surface area contributed by atoms with E-state index in [1.54, 1.807) is 48.5 Å². The van der Waals surface area contributed by atoms with E-state index in [4.69, 9.17) is 4.74 Å². The number of esters is 1. The van der Waals surface area contributed by atoms with E-state index in [1.165, 1.54) is 35.8 Å². The molecule has 7 aromatic rings. The Kier molecular flexibility index (Phi) is 12.3. The molecule has 0 saturated carbocycles. The second-order valence-electron chi connectivity index (χ2n) is 14.4. The molecule has 8 nitrogen and oxygen atoms in total. The van der Waals surface area contributed by atoms with Crippen LogP contribution in [0.1, 0.15) is 65.4 Å². The predicted molar refractivity (Wildman–Crippen MR) is 241 cm³/mol. The van der Waals surface area contributed by atoms with Crippen molar-refractivity contribution in [3.63, 3.8) is 0 Å². The van der Waals surface area contributed by atoms with Crippen molar-refractivity contribution in [2.45, 2.75) is 35.3 Å². The van der Waals surface area contributed by atoms with E-state index in [0.29, 0.717) is 39.0 Å². The largest absolute Gasteiger partial charge is 0.465 e. The third-order valence-corrected chi connectivity index (χ3v) is 12.9. The number of thioether (sulfide) groups is 1. The molecular formula is C50H41N3O5S2. The Morgan fingerprint density at radius 2 is 1.45 bits per heavy atom. The summed E-state index contributed by atoms with van der Waals surface area (Å²) in [4.78, 5) is 56.9. The lowest BCUT2D eigenvalue weighted by Crippen LogP contribution is -2.30. The first-order chi connectivity index (χ1) is 29.3. The first-order valence-corrected chi connectivity index (χ1v) is 21.3. The number of hydrogen-bond acceptors (Lipinski definition) is 7. The highest BCUT2D eigenvalue weighted by molar-refractivity contribution is 8.00. The predicted octanol–water partition coefficient (Wildman–Crippen LogP) is 10.8. The number of benzene rings is 6. The second kappa shape index (κ2) is 18.4. The van der Waals surface area contributed by atoms with Crippen molar-refractivity contribution in [3.05, 3.63) is 202 Å². The summed E-state index contributed by atoms with van der Waals surface area (Å²) in [5, 5.41) is 10.6. The van der Waals surface area contributed by atoms with Crippen LogP contribution in [0.2, 0.25) is 0 Å². The van der Waals surface area contributed by atoms with Crippen LogP contribution in [0.15, 0.2) is 168 Å². The van der Waals surface area contributed by atoms with Crippen LogP contribution in [-0.2, 0) is 27.2 Å². The van der Waals surface area contributed by atoms with Gasteiger partial charge in [-0.3, -0.25) is 14.4 Å². The minimum absolute atomic E-state index is 0.0648. The maximum Gasteiger partial charge on any atom is 0.341 e. The minimum Gasteiger partial charge on any atom is -0.465 e. The van der Waals surface area contributed by atoms with Gasteiger partial charge in [0.1, 0.15) is 15.9 Å². The van der Waals surface area contributed by atoms with Gasteiger partial charge in [-0.2, -0.15) is 0 Å². The molecule has 0 spiro atoms. The van der Waals surface area contributed by atoms with Crippen LogP contribution in [0, 0.1) is 0 Å². The van der Waals surface area contributed by atoms with Crippen molar-refractivity contribution < 1.29 is 23.9 Å². The first-order valence-electron chi connectivity index (χ1n) is 19.6. The SMILES string of the molecule is COC(=O)c1c(NC(=O)C(Sc2cccc(NC(=O)/C(=C\c3cccc4ccccc34)NC(=O)c3ccccc3)c2)c2ccccc2)sc2c1CCC(c1ccccc1)C2. The third-order valence-electron chi connectivity index (χ3n) is 10.5. The number of amides is 3. The number of hydrogen-bond donors (Lipinski definition) is 3. The second-order valence-corrected chi connectivity index (χ2v) is 16.7. The van der Waals surface area contributed by atoms with Gasteiger partial charge in [0.15, 0.2) is 0 Å². The molecule has 0 radical (unpaired) electrons. The van der Waals surface area contributed by atoms with Gasteiger partial charge < -0.3 is 20.7 Å². The standard InChI is InChI=1S/C50H41N3O5S2/c1-58-50(57)44-41-28-27-36(32-15-5-2-6-16-32)30-43(41)60-49(44)53-48(56)45(34-18-7-3-8-19-34)59-39-25-14-24-38(31-39)51-47(55)42(52-46(54)35-20-9-4-10-21-35)29-37-23-13-22-33-17-11-12-26-40(33)37/h2-26,29,31,36,45H,27-28,30H2,1H3,(H,51,55)(H,52,54)(H,53,56)/b42-29+. The summed E-state index contributed by atoms with van der Waals surface area (Å²) in [6.07, 6.45) is 4.05. The van der Waals surface area contributed by atoms with Gasteiger partial charge in [-0.05, 0) is 94.6 Å². The number of rotatable bonds is 12. The van der Waals surface area contributed by atoms with Crippen LogP contribution in [0.3, 0.4) is 0 Å². The fourth-order valence-electron chi connectivity index (χ4n) is 7.54. The molecule has 2 unspecified atom stereocenters. The molecule has 1 heterocycles. The van der Waals surface area contributed by atoms with Crippen molar-refractivity contribution in [1.82, 2.24) is 5.32 Å². The summed E-state index contributed by atoms with van der Waals surface area (Å²) in [5.41, 5.74) is 5.11. The van der Waals surface area contributed by atoms with E-state index in [0.717, 1.165) is 45.2 Å². The van der Waals surface area contributed by atoms with Gasteiger partial charge in [0, 0.05) is 21.0 Å². The highest BCUT2D eigenvalue weighted by Gasteiger charge is 2.32. The highest BCUT2D eigenvalue weighted by Crippen LogP contribution is 2.44. The number of thiophene rings is 1. The van der Waals surface area contributed by atoms with Gasteiger partial charge in [0.2, 0.25) is 5.91 Å². The molecule has 60 heavy (non-hydrogen) atoms. The molecule has 1 aliphatic carbocycles. The molecule has 0 saturated heterocycles. The van der Waals surface area contributed by atoms with Gasteiger partial charge in [-0.15, -0.1) is 23.1 Å². The van der Waals surface area contributed by atoms with Gasteiger partial charge in [-0.25, -0.2) is 4.79 Å². The molecule has 8 rings (SSSR count). The summed E-state index contributed by atoms with van der Waals surface area (Å²) in [6, 6.07) is 49.5. The van der Waals surface area contributed by atoms with Crippen molar-refractivity contribution in [2.75, 3.05) is 17.7 Å². The summed E-state index contributed by atoms with van der Waals surface area (Å²) in [5.74, 6) is -1.39. The van der Waals surface area contributed by atoms with E-state index in [-0.39, 0.29) is 11.6 Å². The molecule has 0 fully saturated rings. The van der Waals surface area contributed by atoms with Crippen molar-refractivity contribution >= 4 is 74.3 Å². The van der Waals surface area contributed by atoms with Crippen molar-refractivity contribution in [2.24, 2.45) is 0 Å². The van der Waals surface area contributed by atoms with Crippen molar-refractivity contribution in [3.8, 4) is 0 Å². The average Bonchev–Trinajstić information content (AvgIpc) is 3.65. The maximum absolute atomic E-state index is 14.4. The fourth-order valence-corrected chi connectivity index (χ4v) is 9.94. The number of anilines is 2. The molecule has 3 amide bonds. The zero-order valence-electron chi connectivity index (χ0n) is 32.7. The smallest absolute Gasteiger partial charge is 0.341 e. The Balaban J connectivity index is 1.05. The molecule has 0 aliphatic heterocycles. The Morgan fingerprint density at radius 3 is 2.22 bits per heavy atom. The molecular weight excluding hydrogens is 787 g/mol. The van der Waals surface area contributed by atoms with Crippen LogP contribution >= 0.6 is 23.1 Å². The quantitative estimate of drug-likeness (QED) is 0.0642. The zero-order valence-corrected chi connectivity index (χ0v) is 34.4. The fraction of sp³-hybridized carbons (Fsp3) is 0.120. The van der Waals surface area contributed by atoms with Crippen molar-refractivity contribution in [1.29, 1.82) is 0 Å². The molecule has 1 aromatic heterocycles. The van der Waals surface area contributed by atoms with Crippen LogP contribution in [0.4, 0.5) is 10.7 Å². The van der Waals surface area contributed by atoms with Gasteiger partial charge >= 0.3 is 5.97 Å². The molecule has 298 valence electrons. The van der Waals surface area contributed by atoms with E-state index in [2.05, 4.69) is 28.1 Å². The zero-order chi connectivity index (χ0) is 41.4. The van der Waals surface area contributed by atoms with Crippen LogP contribution in [0.5, 0.6) is 0 Å². The lowest BCUT2D eigenvalue weighted by Gasteiger charge is -2.22. The number of nitrogens with one attached hydrogen (secondary N) is 3. The summed E-state index contributed by atoms with van der Waals surface area (Å²) in [7, 11) is 1.36. The molecule has 3 N–H and O–H groups in total. The molecule has 2 atom stereocenters. The number of ether oxygens (including phenoxy) is 1. The lowest BCUT2D eigenvalue weighted by atomic mass is 9.83. The topological polar surface area (TPSA) is 114 Å². The number of carbonyl (C=O) groups is 4. The Labute approximate surface area is 356 Å². The van der Waals surface area contributed by atoms with E-state index in [1.807, 2.05) is 103 Å². The van der Waals surface area contributed by atoms with Gasteiger partial charge in [0.25, 0.3) is 11.8 Å². The third kappa shape index (κ3) is 9.10. The number of fused-ring (bicyclic) bond motifs is 2. The summed E-state index contributed by atoms with van der Waals surface area (Å²) >= 11 is 2.77. The normalized spacial score (nSPS) is 14.1. The number of methoxy groups -OCH3 is 1. The van der Waals surface area contributed by atoms with Crippen LogP contribution in [-0.4, -0.2) is 30.8 Å². The lowest BCUT2D eigenvalue weighted by molar-refractivity contribution is -0.116. The molecule has 10 heteroatoms. The number of carbonyl (C=O) groups excluding carboxylic acids is 4. The Bertz CT molecular complexity index is 2710. The average molecular weight is 828 g/mol. The van der Waals surface area contributed by atoms with Gasteiger partial charge in [-0.1, -0.05) is 127 Å². The first kappa shape index (κ1) is 40.0. The van der Waals surface area contributed by atoms with Crippen LogP contribution in [0.25, 0.3) is 16.8 Å². The molecule has 1 aliphatic rings. The maximum atomic E-state index is 14.4. The van der Waals surface area contributed by atoms with E-state index < -0.39 is 23.0 Å². The Morgan fingerprint density at radius 1 is 0.767 bits per heavy atom. The highest BCUT2D eigenvalue weighted by atomic mass is 32.2. The molecule has 6 aromatic carbocycles. The summed E-state index contributed by atoms with van der Waals surface area (Å²) in [6.45, 7) is 0. The monoisotopic (exact) mass is 827 g/mol. The molecule has 0 bridgehead atoms. The van der Waals surface area contributed by atoms with E-state index >= 15 is 0 Å². The minimum atomic E-state index is -0.717. The van der Waals surface area contributed by atoms with Crippen LogP contribution < -0.4 is 16.0 Å². The Hall–Kier alpha value is -6.75. The summed E-state index contributed by atoms with van der Waals surface area (Å²) < 4.78 is 5.24.